The lowest BCUT2D eigenvalue weighted by Gasteiger charge is -2.43. The van der Waals surface area contributed by atoms with E-state index in [-0.39, 0.29) is 6.04 Å². The van der Waals surface area contributed by atoms with Crippen LogP contribution >= 0.6 is 0 Å². The maximum Gasteiger partial charge on any atom is 0.0493 e. The second-order valence-corrected chi connectivity index (χ2v) is 6.83. The van der Waals surface area contributed by atoms with Crippen molar-refractivity contribution in [2.45, 2.75) is 59.4 Å². The second kappa shape index (κ2) is 5.64. The zero-order chi connectivity index (χ0) is 14.0. The van der Waals surface area contributed by atoms with Crippen LogP contribution in [0.25, 0.3) is 0 Å². The number of rotatable bonds is 3. The van der Waals surface area contributed by atoms with Crippen molar-refractivity contribution >= 4 is 0 Å². The van der Waals surface area contributed by atoms with Gasteiger partial charge >= 0.3 is 0 Å². The molecule has 1 saturated carbocycles. The highest BCUT2D eigenvalue weighted by Crippen LogP contribution is 2.46. The van der Waals surface area contributed by atoms with Crippen LogP contribution in [0, 0.1) is 25.2 Å². The van der Waals surface area contributed by atoms with E-state index in [1.54, 1.807) is 0 Å². The van der Waals surface area contributed by atoms with Gasteiger partial charge in [-0.25, -0.2) is 0 Å². The average molecular weight is 260 g/mol. The van der Waals surface area contributed by atoms with Gasteiger partial charge < -0.3 is 0 Å². The summed E-state index contributed by atoms with van der Waals surface area (Å²) in [4.78, 5) is 0. The van der Waals surface area contributed by atoms with Gasteiger partial charge in [0.05, 0.1) is 0 Å². The Hall–Kier alpha value is -0.860. The summed E-state index contributed by atoms with van der Waals surface area (Å²) >= 11 is 0. The van der Waals surface area contributed by atoms with Crippen LogP contribution in [0.5, 0.6) is 0 Å². The second-order valence-electron chi connectivity index (χ2n) is 6.83. The molecule has 106 valence electrons. The van der Waals surface area contributed by atoms with Crippen LogP contribution in [-0.2, 0) is 0 Å². The van der Waals surface area contributed by atoms with Gasteiger partial charge in [0.25, 0.3) is 0 Å². The van der Waals surface area contributed by atoms with Crippen molar-refractivity contribution in [1.82, 2.24) is 5.43 Å². The summed E-state index contributed by atoms with van der Waals surface area (Å²) in [5, 5.41) is 0. The quantitative estimate of drug-likeness (QED) is 0.636. The fraction of sp³-hybridized carbons (Fsp3) is 0.647. The SMILES string of the molecule is Cc1ccc(C(NN)C2CCCCC2(C)C)cc1C. The molecular weight excluding hydrogens is 232 g/mol. The Kier molecular flexibility index (Phi) is 4.32. The molecular formula is C17H28N2. The molecule has 2 nitrogen and oxygen atoms in total. The van der Waals surface area contributed by atoms with Crippen molar-refractivity contribution in [3.8, 4) is 0 Å². The predicted molar refractivity (Wildman–Crippen MR) is 81.7 cm³/mol. The Morgan fingerprint density at radius 3 is 2.53 bits per heavy atom. The zero-order valence-corrected chi connectivity index (χ0v) is 12.8. The van der Waals surface area contributed by atoms with Gasteiger partial charge in [-0.05, 0) is 54.7 Å². The van der Waals surface area contributed by atoms with Gasteiger partial charge in [0, 0.05) is 6.04 Å². The summed E-state index contributed by atoms with van der Waals surface area (Å²) in [6, 6.07) is 7.02. The first-order chi connectivity index (χ1) is 8.95. The van der Waals surface area contributed by atoms with Crippen molar-refractivity contribution in [2.75, 3.05) is 0 Å². The highest BCUT2D eigenvalue weighted by atomic mass is 15.2. The van der Waals surface area contributed by atoms with Gasteiger partial charge in [0.1, 0.15) is 0 Å². The molecule has 2 heteroatoms. The maximum atomic E-state index is 5.89. The number of aryl methyl sites for hydroxylation is 2. The molecule has 2 rings (SSSR count). The van der Waals surface area contributed by atoms with Gasteiger partial charge in [-0.1, -0.05) is 44.9 Å². The van der Waals surface area contributed by atoms with Crippen LogP contribution in [0.4, 0.5) is 0 Å². The fourth-order valence-electron chi connectivity index (χ4n) is 3.54. The summed E-state index contributed by atoms with van der Waals surface area (Å²) in [5.41, 5.74) is 7.50. The van der Waals surface area contributed by atoms with Gasteiger partial charge in [-0.2, -0.15) is 0 Å². The number of hydrogen-bond donors (Lipinski definition) is 2. The van der Waals surface area contributed by atoms with Crippen molar-refractivity contribution in [1.29, 1.82) is 0 Å². The minimum absolute atomic E-state index is 0.273. The fourth-order valence-corrected chi connectivity index (χ4v) is 3.54. The third-order valence-corrected chi connectivity index (χ3v) is 5.06. The molecule has 1 aromatic carbocycles. The molecule has 0 amide bonds. The third-order valence-electron chi connectivity index (χ3n) is 5.06. The molecule has 0 saturated heterocycles. The van der Waals surface area contributed by atoms with E-state index in [2.05, 4.69) is 51.3 Å². The number of hydrazine groups is 1. The highest BCUT2D eigenvalue weighted by Gasteiger charge is 2.37. The Morgan fingerprint density at radius 1 is 1.21 bits per heavy atom. The zero-order valence-electron chi connectivity index (χ0n) is 12.8. The van der Waals surface area contributed by atoms with Crippen LogP contribution < -0.4 is 11.3 Å². The number of benzene rings is 1. The van der Waals surface area contributed by atoms with E-state index >= 15 is 0 Å². The van der Waals surface area contributed by atoms with Crippen molar-refractivity contribution in [3.63, 3.8) is 0 Å². The van der Waals surface area contributed by atoms with Crippen LogP contribution in [0.2, 0.25) is 0 Å². The van der Waals surface area contributed by atoms with E-state index in [1.807, 2.05) is 0 Å². The normalized spacial score (nSPS) is 24.2. The van der Waals surface area contributed by atoms with Gasteiger partial charge in [0.2, 0.25) is 0 Å². The van der Waals surface area contributed by atoms with Crippen molar-refractivity contribution in [2.24, 2.45) is 17.2 Å². The van der Waals surface area contributed by atoms with E-state index < -0.39 is 0 Å². The van der Waals surface area contributed by atoms with Crippen LogP contribution in [0.15, 0.2) is 18.2 Å². The lowest BCUT2D eigenvalue weighted by atomic mass is 9.65. The minimum atomic E-state index is 0.273. The molecule has 0 heterocycles. The third kappa shape index (κ3) is 3.01. The van der Waals surface area contributed by atoms with E-state index in [4.69, 9.17) is 5.84 Å². The first-order valence-corrected chi connectivity index (χ1v) is 7.49. The number of nitrogens with one attached hydrogen (secondary N) is 1. The predicted octanol–water partition coefficient (Wildman–Crippen LogP) is 4.02. The summed E-state index contributed by atoms with van der Waals surface area (Å²) < 4.78 is 0. The molecule has 1 aliphatic rings. The van der Waals surface area contributed by atoms with E-state index in [0.29, 0.717) is 11.3 Å². The molecule has 1 aliphatic carbocycles. The smallest absolute Gasteiger partial charge is 0.0493 e. The Balaban J connectivity index is 2.30. The highest BCUT2D eigenvalue weighted by molar-refractivity contribution is 5.32. The molecule has 0 aliphatic heterocycles. The molecule has 0 radical (unpaired) electrons. The monoisotopic (exact) mass is 260 g/mol. The van der Waals surface area contributed by atoms with E-state index in [9.17, 15) is 0 Å². The molecule has 19 heavy (non-hydrogen) atoms. The Bertz CT molecular complexity index is 437. The minimum Gasteiger partial charge on any atom is -0.271 e. The first-order valence-electron chi connectivity index (χ1n) is 7.49. The molecule has 0 spiro atoms. The lowest BCUT2D eigenvalue weighted by molar-refractivity contribution is 0.0982. The van der Waals surface area contributed by atoms with Gasteiger partial charge in [0.15, 0.2) is 0 Å². The standard InChI is InChI=1S/C17H28N2/c1-12-8-9-14(11-13(12)2)16(19-18)15-7-5-6-10-17(15,3)4/h8-9,11,15-16,19H,5-7,10,18H2,1-4H3. The molecule has 3 N–H and O–H groups in total. The summed E-state index contributed by atoms with van der Waals surface area (Å²) in [6.45, 7) is 9.12. The molecule has 1 fully saturated rings. The summed E-state index contributed by atoms with van der Waals surface area (Å²) in [7, 11) is 0. The van der Waals surface area contributed by atoms with E-state index in [0.717, 1.165) is 0 Å². The van der Waals surface area contributed by atoms with Crippen LogP contribution in [-0.4, -0.2) is 0 Å². The summed E-state index contributed by atoms with van der Waals surface area (Å²) in [6.07, 6.45) is 5.26. The topological polar surface area (TPSA) is 38.0 Å². The largest absolute Gasteiger partial charge is 0.271 e. The Morgan fingerprint density at radius 2 is 1.95 bits per heavy atom. The number of hydrogen-bond acceptors (Lipinski definition) is 2. The van der Waals surface area contributed by atoms with E-state index in [1.165, 1.54) is 42.4 Å². The Labute approximate surface area is 117 Å². The van der Waals surface area contributed by atoms with Crippen LogP contribution in [0.1, 0.15) is 62.3 Å². The van der Waals surface area contributed by atoms with Crippen LogP contribution in [0.3, 0.4) is 0 Å². The molecule has 0 aromatic heterocycles. The van der Waals surface area contributed by atoms with Gasteiger partial charge in [-0.15, -0.1) is 0 Å². The first kappa shape index (κ1) is 14.5. The molecule has 0 bridgehead atoms. The lowest BCUT2D eigenvalue weighted by Crippen LogP contribution is -2.41. The summed E-state index contributed by atoms with van der Waals surface area (Å²) in [5.74, 6) is 6.51. The average Bonchev–Trinajstić information content (AvgIpc) is 2.36. The molecule has 1 aromatic rings. The molecule has 2 atom stereocenters. The van der Waals surface area contributed by atoms with Gasteiger partial charge in [-0.3, -0.25) is 11.3 Å². The number of nitrogens with two attached hydrogens (primary N) is 1. The van der Waals surface area contributed by atoms with Crippen molar-refractivity contribution < 1.29 is 0 Å². The molecule has 2 unspecified atom stereocenters. The maximum absolute atomic E-state index is 5.89. The van der Waals surface area contributed by atoms with Crippen molar-refractivity contribution in [3.05, 3.63) is 34.9 Å².